The zero-order valence-electron chi connectivity index (χ0n) is 54.9. The molecule has 0 rings (SSSR count). The van der Waals surface area contributed by atoms with E-state index in [-0.39, 0.29) is 25.5 Å². The highest BCUT2D eigenvalue weighted by molar-refractivity contribution is 7.47. The number of hydrogen-bond acceptors (Lipinski definition) is 6. The molecule has 2 N–H and O–H groups in total. The molecule has 3 unspecified atom stereocenters. The van der Waals surface area contributed by atoms with Crippen molar-refractivity contribution in [3.8, 4) is 0 Å². The van der Waals surface area contributed by atoms with E-state index in [1.807, 2.05) is 39.4 Å². The van der Waals surface area contributed by atoms with Crippen LogP contribution in [0, 0.1) is 0 Å². The quantitative estimate of drug-likeness (QED) is 0.0205. The summed E-state index contributed by atoms with van der Waals surface area (Å²) in [6.07, 6.45) is 84.4. The van der Waals surface area contributed by atoms with Crippen molar-refractivity contribution in [3.63, 3.8) is 0 Å². The van der Waals surface area contributed by atoms with Crippen LogP contribution in [-0.2, 0) is 27.9 Å². The van der Waals surface area contributed by atoms with Gasteiger partial charge in [-0.1, -0.05) is 292 Å². The van der Waals surface area contributed by atoms with Gasteiger partial charge in [-0.2, -0.15) is 0 Å². The molecule has 0 fully saturated rings. The third-order valence-corrected chi connectivity index (χ3v) is 16.0. The predicted molar refractivity (Wildman–Crippen MR) is 360 cm³/mol. The van der Waals surface area contributed by atoms with Gasteiger partial charge in [0, 0.05) is 12.8 Å². The Balaban J connectivity index is 5.20. The average Bonchev–Trinajstić information content (AvgIpc) is 3.46. The largest absolute Gasteiger partial charge is 0.472 e. The first-order chi connectivity index (χ1) is 40.4. The van der Waals surface area contributed by atoms with Gasteiger partial charge < -0.3 is 19.4 Å². The van der Waals surface area contributed by atoms with Crippen LogP contribution in [0.3, 0.4) is 0 Å². The van der Waals surface area contributed by atoms with Crippen molar-refractivity contribution in [2.45, 2.75) is 315 Å². The number of quaternary nitrogens is 1. The van der Waals surface area contributed by atoms with E-state index in [4.69, 9.17) is 13.8 Å². The van der Waals surface area contributed by atoms with Crippen LogP contribution in [0.25, 0.3) is 0 Å². The van der Waals surface area contributed by atoms with E-state index in [0.717, 1.165) is 77.0 Å². The van der Waals surface area contributed by atoms with Crippen LogP contribution in [0.5, 0.6) is 0 Å². The van der Waals surface area contributed by atoms with Gasteiger partial charge in [0.15, 0.2) is 0 Å². The lowest BCUT2D eigenvalue weighted by molar-refractivity contribution is -0.870. The van der Waals surface area contributed by atoms with E-state index in [1.165, 1.54) is 186 Å². The summed E-state index contributed by atoms with van der Waals surface area (Å²) < 4.78 is 30.7. The summed E-state index contributed by atoms with van der Waals surface area (Å²) in [6.45, 7) is 6.87. The summed E-state index contributed by atoms with van der Waals surface area (Å²) in [6, 6.07) is -0.884. The number of ether oxygens (including phenoxy) is 1. The first-order valence-electron chi connectivity index (χ1n) is 34.6. The fraction of sp³-hybridized carbons (Fsp3) is 0.753. The highest BCUT2D eigenvalue weighted by Crippen LogP contribution is 2.43. The van der Waals surface area contributed by atoms with Gasteiger partial charge in [-0.05, 0) is 96.0 Å². The van der Waals surface area contributed by atoms with Crippen LogP contribution in [0.15, 0.2) is 97.2 Å². The number of nitrogens with one attached hydrogen (secondary N) is 1. The monoisotopic (exact) mass is 1180 g/mol. The van der Waals surface area contributed by atoms with Crippen LogP contribution < -0.4 is 5.32 Å². The van der Waals surface area contributed by atoms with Crippen molar-refractivity contribution >= 4 is 19.7 Å². The van der Waals surface area contributed by atoms with Gasteiger partial charge in [0.2, 0.25) is 5.91 Å². The molecule has 10 heteroatoms. The van der Waals surface area contributed by atoms with Crippen LogP contribution in [0.2, 0.25) is 0 Å². The Morgan fingerprint density at radius 1 is 0.434 bits per heavy atom. The SMILES string of the molecule is CC/C=C\C/C=C\C/C=C\C/C=C\C/C=C\C/C=C\CCC(=O)OC(/C=C\CCCCCCCCCCCCC)C(COP(=O)(O)OCC[N+](C)(C)C)NC(=O)CCCCCCCCCCCCCCCCC/C=C/CCCCCCCC. The second kappa shape index (κ2) is 62.0. The zero-order valence-corrected chi connectivity index (χ0v) is 55.8. The Kier molecular flexibility index (Phi) is 59.7. The van der Waals surface area contributed by atoms with E-state index in [2.05, 4.69) is 105 Å². The number of phosphoric ester groups is 1. The van der Waals surface area contributed by atoms with Crippen LogP contribution in [0.4, 0.5) is 0 Å². The van der Waals surface area contributed by atoms with Gasteiger partial charge in [-0.3, -0.25) is 18.6 Å². The minimum absolute atomic E-state index is 0.0261. The normalized spacial score (nSPS) is 14.2. The summed E-state index contributed by atoms with van der Waals surface area (Å²) in [4.78, 5) is 37.8. The van der Waals surface area contributed by atoms with Crippen LogP contribution in [0.1, 0.15) is 303 Å². The predicted octanol–water partition coefficient (Wildman–Crippen LogP) is 21.9. The minimum atomic E-state index is -4.47. The van der Waals surface area contributed by atoms with Crippen LogP contribution >= 0.6 is 7.82 Å². The molecule has 480 valence electrons. The fourth-order valence-corrected chi connectivity index (χ4v) is 10.5. The van der Waals surface area contributed by atoms with Crippen molar-refractivity contribution in [2.24, 2.45) is 0 Å². The molecule has 0 aromatic heterocycles. The zero-order chi connectivity index (χ0) is 60.7. The Morgan fingerprint density at radius 3 is 1.18 bits per heavy atom. The number of nitrogens with zero attached hydrogens (tertiary/aromatic N) is 1. The standard InChI is InChI=1S/C73H131N2O7P/c1-7-10-13-16-19-22-25-28-30-32-34-35-36-37-38-39-41-42-44-47-50-53-56-59-62-65-72(76)74-70(69-81-83(78,79)80-68-67-75(4,5)6)71(64-61-58-55-52-49-46-27-24-21-18-15-12-9-3)82-73(77)66-63-60-57-54-51-48-45-43-40-33-31-29-26-23-20-17-14-11-8-2/h11,14,20,23,28-31,40,43,48,51,57,60-61,64,70-71H,7-10,12-13,15-19,21-22,24-27,32-39,41-42,44-47,49-50,52-56,58-59,62-63,65-69H2,1-6H3,(H-,74,76,78,79)/p+1/b14-11-,23-20-,30-28+,31-29-,43-40-,51-48-,60-57-,64-61-. The Hall–Kier alpha value is -3.07. The fourth-order valence-electron chi connectivity index (χ4n) is 9.73. The molecule has 0 bridgehead atoms. The van der Waals surface area contributed by atoms with Crippen LogP contribution in [-0.4, -0.2) is 74.3 Å². The summed E-state index contributed by atoms with van der Waals surface area (Å²) in [5.74, 6) is -0.598. The second-order valence-corrected chi connectivity index (χ2v) is 25.8. The molecule has 0 aliphatic carbocycles. The molecule has 0 radical (unpaired) electrons. The van der Waals surface area contributed by atoms with Gasteiger partial charge in [0.25, 0.3) is 0 Å². The molecule has 1 amide bonds. The Morgan fingerprint density at radius 2 is 0.783 bits per heavy atom. The molecule has 0 aromatic rings. The maximum Gasteiger partial charge on any atom is 0.472 e. The van der Waals surface area contributed by atoms with Gasteiger partial charge in [-0.15, -0.1) is 0 Å². The Labute approximate surface area is 513 Å². The number of phosphoric acid groups is 1. The summed E-state index contributed by atoms with van der Waals surface area (Å²) in [5.41, 5.74) is 0. The molecular weight excluding hydrogens is 1050 g/mol. The molecule has 0 aromatic carbocycles. The van der Waals surface area contributed by atoms with Gasteiger partial charge in [-0.25, -0.2) is 4.57 Å². The summed E-state index contributed by atoms with van der Waals surface area (Å²) in [7, 11) is 1.46. The number of carbonyl (C=O) groups excluding carboxylic acids is 2. The number of likely N-dealkylation sites (N-methyl/N-ethyl adjacent to an activating group) is 1. The lowest BCUT2D eigenvalue weighted by Gasteiger charge is -2.27. The van der Waals surface area contributed by atoms with E-state index < -0.39 is 25.9 Å². The maximum absolute atomic E-state index is 13.6. The van der Waals surface area contributed by atoms with E-state index >= 15 is 0 Å². The topological polar surface area (TPSA) is 111 Å². The minimum Gasteiger partial charge on any atom is -0.456 e. The average molecular weight is 1180 g/mol. The van der Waals surface area contributed by atoms with Gasteiger partial charge in [0.1, 0.15) is 19.3 Å². The van der Waals surface area contributed by atoms with E-state index in [9.17, 15) is 19.0 Å². The first kappa shape index (κ1) is 79.9. The summed E-state index contributed by atoms with van der Waals surface area (Å²) in [5, 5.41) is 3.05. The number of hydrogen-bond donors (Lipinski definition) is 2. The van der Waals surface area contributed by atoms with E-state index in [0.29, 0.717) is 23.9 Å². The molecule has 0 aliphatic heterocycles. The molecule has 0 saturated heterocycles. The number of esters is 1. The second-order valence-electron chi connectivity index (χ2n) is 24.3. The van der Waals surface area contributed by atoms with Crippen molar-refractivity contribution in [1.29, 1.82) is 0 Å². The smallest absolute Gasteiger partial charge is 0.456 e. The van der Waals surface area contributed by atoms with Crippen molar-refractivity contribution in [3.05, 3.63) is 97.2 Å². The molecule has 0 heterocycles. The highest BCUT2D eigenvalue weighted by Gasteiger charge is 2.30. The number of rotatable bonds is 62. The molecule has 9 nitrogen and oxygen atoms in total. The molecule has 3 atom stereocenters. The molecule has 0 aliphatic rings. The molecule has 0 spiro atoms. The van der Waals surface area contributed by atoms with Gasteiger partial charge in [0.05, 0.1) is 33.8 Å². The van der Waals surface area contributed by atoms with E-state index in [1.54, 1.807) is 0 Å². The Bertz CT molecular complexity index is 1740. The van der Waals surface area contributed by atoms with Crippen molar-refractivity contribution in [2.75, 3.05) is 40.9 Å². The van der Waals surface area contributed by atoms with Crippen molar-refractivity contribution in [1.82, 2.24) is 5.32 Å². The van der Waals surface area contributed by atoms with Gasteiger partial charge >= 0.3 is 13.8 Å². The highest BCUT2D eigenvalue weighted by atomic mass is 31.2. The first-order valence-corrected chi connectivity index (χ1v) is 36.1. The summed E-state index contributed by atoms with van der Waals surface area (Å²) >= 11 is 0. The lowest BCUT2D eigenvalue weighted by Crippen LogP contribution is -2.47. The van der Waals surface area contributed by atoms with Crippen molar-refractivity contribution < 1.29 is 37.3 Å². The number of carbonyl (C=O) groups is 2. The molecule has 0 saturated carbocycles. The number of amides is 1. The lowest BCUT2D eigenvalue weighted by atomic mass is 10.0. The maximum atomic E-state index is 13.6. The molecular formula is C73H132N2O7P+. The molecule has 83 heavy (non-hydrogen) atoms. The third-order valence-electron chi connectivity index (χ3n) is 15.0. The number of unbranched alkanes of at least 4 members (excludes halogenated alkanes) is 32. The third kappa shape index (κ3) is 63.3. The number of allylic oxidation sites excluding steroid dienone is 15.